The molecule has 0 bridgehead atoms. The predicted molar refractivity (Wildman–Crippen MR) is 63.8 cm³/mol. The van der Waals surface area contributed by atoms with Gasteiger partial charge in [0.05, 0.1) is 0 Å². The van der Waals surface area contributed by atoms with E-state index in [9.17, 15) is 4.79 Å². The molecule has 92 valence electrons. The van der Waals surface area contributed by atoms with Crippen molar-refractivity contribution in [2.75, 3.05) is 16.8 Å². The van der Waals surface area contributed by atoms with Crippen LogP contribution in [0, 0.1) is 0 Å². The van der Waals surface area contributed by atoms with Gasteiger partial charge in [-0.3, -0.25) is 0 Å². The molecule has 1 N–H and O–H groups in total. The van der Waals surface area contributed by atoms with Gasteiger partial charge in [0, 0.05) is 0 Å². The standard InChI is InChI=1S/C13H16IN2O/c1-14-12-7-6-9-8-15-11-5-3-2-4-10(11)13(17)16(9)12/h2-5,9,12,15H,6-8H2,1H3/q-1/t9-,12?/m0/s1. The second kappa shape index (κ2) is 4.48. The SMILES string of the molecule is C[I-]C1CC[C@H]2CNc3ccccc3C(=O)N12. The average Bonchev–Trinajstić information content (AvgIpc) is 2.73. The fraction of sp³-hybridized carbons (Fsp3) is 0.462. The van der Waals surface area contributed by atoms with E-state index in [-0.39, 0.29) is 27.1 Å². The summed E-state index contributed by atoms with van der Waals surface area (Å²) in [6.07, 6.45) is 2.36. The van der Waals surface area contributed by atoms with Gasteiger partial charge >= 0.3 is 112 Å². The summed E-state index contributed by atoms with van der Waals surface area (Å²) in [5.41, 5.74) is 1.85. The van der Waals surface area contributed by atoms with Crippen LogP contribution in [0.2, 0.25) is 0 Å². The first-order valence-corrected chi connectivity index (χ1v) is 9.35. The van der Waals surface area contributed by atoms with Crippen molar-refractivity contribution in [3.8, 4) is 0 Å². The number of para-hydroxylation sites is 1. The minimum atomic E-state index is 0.105. The molecular formula is C13H16IN2O-. The van der Waals surface area contributed by atoms with Crippen molar-refractivity contribution in [2.45, 2.75) is 22.9 Å². The number of carbonyl (C=O) groups excluding carboxylic acids is 1. The molecule has 3 rings (SSSR count). The van der Waals surface area contributed by atoms with E-state index in [4.69, 9.17) is 0 Å². The molecule has 2 atom stereocenters. The third-order valence-corrected chi connectivity index (χ3v) is 6.27. The Hall–Kier alpha value is -0.780. The topological polar surface area (TPSA) is 32.3 Å². The molecule has 1 aromatic carbocycles. The van der Waals surface area contributed by atoms with Crippen LogP contribution in [-0.2, 0) is 0 Å². The van der Waals surface area contributed by atoms with Crippen molar-refractivity contribution in [3.63, 3.8) is 0 Å². The van der Waals surface area contributed by atoms with Gasteiger partial charge in [-0.1, -0.05) is 0 Å². The summed E-state index contributed by atoms with van der Waals surface area (Å²) in [7, 11) is 0. The maximum absolute atomic E-state index is 12.6. The van der Waals surface area contributed by atoms with E-state index in [1.165, 1.54) is 6.42 Å². The molecular weight excluding hydrogens is 327 g/mol. The molecule has 2 aliphatic rings. The summed E-state index contributed by atoms with van der Waals surface area (Å²) < 4.78 is 0.541. The van der Waals surface area contributed by atoms with Gasteiger partial charge in [0.2, 0.25) is 0 Å². The molecule has 3 nitrogen and oxygen atoms in total. The van der Waals surface area contributed by atoms with Crippen LogP contribution in [0.5, 0.6) is 0 Å². The molecule has 1 fully saturated rings. The van der Waals surface area contributed by atoms with Crippen molar-refractivity contribution < 1.29 is 26.0 Å². The van der Waals surface area contributed by atoms with Gasteiger partial charge in [-0.15, -0.1) is 0 Å². The Morgan fingerprint density at radius 2 is 2.18 bits per heavy atom. The number of amides is 1. The third-order valence-electron chi connectivity index (χ3n) is 3.61. The molecule has 0 radical (unpaired) electrons. The number of hydrogen-bond acceptors (Lipinski definition) is 2. The van der Waals surface area contributed by atoms with Gasteiger partial charge in [0.15, 0.2) is 0 Å². The van der Waals surface area contributed by atoms with Crippen LogP contribution in [0.4, 0.5) is 5.69 Å². The number of alkyl halides is 2. The first-order valence-electron chi connectivity index (χ1n) is 5.95. The zero-order chi connectivity index (χ0) is 11.8. The van der Waals surface area contributed by atoms with Gasteiger partial charge in [-0.2, -0.15) is 0 Å². The Morgan fingerprint density at radius 1 is 1.35 bits per heavy atom. The monoisotopic (exact) mass is 343 g/mol. The molecule has 2 aliphatic heterocycles. The van der Waals surface area contributed by atoms with Crippen molar-refractivity contribution in [1.29, 1.82) is 0 Å². The zero-order valence-corrected chi connectivity index (χ0v) is 12.0. The summed E-state index contributed by atoms with van der Waals surface area (Å²) >= 11 is 0.105. The Bertz CT molecular complexity index is 449. The molecule has 1 aromatic rings. The van der Waals surface area contributed by atoms with Gasteiger partial charge in [0.25, 0.3) is 0 Å². The molecule has 0 aliphatic carbocycles. The number of halogens is 1. The molecule has 0 spiro atoms. The van der Waals surface area contributed by atoms with Crippen LogP contribution in [0.25, 0.3) is 0 Å². The molecule has 1 unspecified atom stereocenters. The molecule has 17 heavy (non-hydrogen) atoms. The average molecular weight is 343 g/mol. The number of nitrogens with one attached hydrogen (secondary N) is 1. The van der Waals surface area contributed by atoms with Crippen molar-refractivity contribution in [3.05, 3.63) is 29.8 Å². The Morgan fingerprint density at radius 3 is 3.00 bits per heavy atom. The van der Waals surface area contributed by atoms with Crippen LogP contribution in [0.3, 0.4) is 0 Å². The van der Waals surface area contributed by atoms with E-state index in [1.807, 2.05) is 24.3 Å². The van der Waals surface area contributed by atoms with Crippen molar-refractivity contribution in [1.82, 2.24) is 4.90 Å². The van der Waals surface area contributed by atoms with Gasteiger partial charge in [-0.25, -0.2) is 0 Å². The number of rotatable bonds is 1. The predicted octanol–water partition coefficient (Wildman–Crippen LogP) is -1.24. The second-order valence-electron chi connectivity index (χ2n) is 4.52. The van der Waals surface area contributed by atoms with Crippen molar-refractivity contribution >= 4 is 11.6 Å². The Kier molecular flexibility index (Phi) is 2.98. The first kappa shape index (κ1) is 11.3. The third kappa shape index (κ3) is 1.82. The van der Waals surface area contributed by atoms with Crippen LogP contribution in [0.15, 0.2) is 24.3 Å². The molecule has 2 heterocycles. The summed E-state index contributed by atoms with van der Waals surface area (Å²) in [5, 5.41) is 3.42. The number of carbonyl (C=O) groups is 1. The van der Waals surface area contributed by atoms with Crippen LogP contribution >= 0.6 is 0 Å². The van der Waals surface area contributed by atoms with Crippen LogP contribution in [-0.4, -0.2) is 32.4 Å². The molecule has 1 saturated heterocycles. The zero-order valence-electron chi connectivity index (χ0n) is 9.82. The second-order valence-corrected chi connectivity index (χ2v) is 7.21. The van der Waals surface area contributed by atoms with E-state index in [0.717, 1.165) is 24.2 Å². The van der Waals surface area contributed by atoms with E-state index in [0.29, 0.717) is 10.1 Å². The number of benzene rings is 1. The molecule has 1 amide bonds. The molecule has 4 heteroatoms. The minimum absolute atomic E-state index is 0.105. The summed E-state index contributed by atoms with van der Waals surface area (Å²) in [6.45, 7) is 0.906. The van der Waals surface area contributed by atoms with Gasteiger partial charge in [0.1, 0.15) is 0 Å². The number of anilines is 1. The van der Waals surface area contributed by atoms with E-state index >= 15 is 0 Å². The summed E-state index contributed by atoms with van der Waals surface area (Å²) in [5.74, 6) is 0.236. The summed E-state index contributed by atoms with van der Waals surface area (Å²) in [6, 6.07) is 8.28. The first-order chi connectivity index (χ1) is 8.31. The Labute approximate surface area is 112 Å². The van der Waals surface area contributed by atoms with E-state index < -0.39 is 0 Å². The summed E-state index contributed by atoms with van der Waals surface area (Å²) in [4.78, 5) is 17.0. The quantitative estimate of drug-likeness (QED) is 0.393. The van der Waals surface area contributed by atoms with Crippen LogP contribution in [0.1, 0.15) is 23.2 Å². The van der Waals surface area contributed by atoms with Gasteiger partial charge < -0.3 is 0 Å². The fourth-order valence-corrected chi connectivity index (χ4v) is 5.03. The molecule has 0 aromatic heterocycles. The normalized spacial score (nSPS) is 27.4. The van der Waals surface area contributed by atoms with Crippen molar-refractivity contribution in [2.24, 2.45) is 0 Å². The van der Waals surface area contributed by atoms with Gasteiger partial charge in [-0.05, 0) is 0 Å². The van der Waals surface area contributed by atoms with Crippen LogP contribution < -0.4 is 26.5 Å². The number of hydrogen-bond donors (Lipinski definition) is 1. The number of fused-ring (bicyclic) bond motifs is 2. The van der Waals surface area contributed by atoms with E-state index in [1.54, 1.807) is 0 Å². The van der Waals surface area contributed by atoms with E-state index in [2.05, 4.69) is 15.1 Å². The fourth-order valence-electron chi connectivity index (χ4n) is 2.74. The molecule has 0 saturated carbocycles. The Balaban J connectivity index is 2.01. The number of nitrogens with zero attached hydrogens (tertiary/aromatic N) is 1. The maximum atomic E-state index is 12.6.